The number of unbranched alkanes of at least 4 members (excludes halogenated alkanes) is 1. The van der Waals surface area contributed by atoms with Gasteiger partial charge in [0.15, 0.2) is 0 Å². The molecule has 1 heterocycles. The topological polar surface area (TPSA) is 48.7 Å². The molecule has 0 spiro atoms. The number of nitrogens with one attached hydrogen (secondary N) is 1. The second kappa shape index (κ2) is 5.15. The van der Waals surface area contributed by atoms with Gasteiger partial charge in [0, 0.05) is 31.0 Å². The van der Waals surface area contributed by atoms with Crippen molar-refractivity contribution in [2.24, 2.45) is 0 Å². The van der Waals surface area contributed by atoms with Gasteiger partial charge in [0.1, 0.15) is 0 Å². The van der Waals surface area contributed by atoms with Crippen LogP contribution in [0.1, 0.15) is 18.4 Å². The van der Waals surface area contributed by atoms with Crippen LogP contribution in [0, 0.1) is 18.3 Å². The van der Waals surface area contributed by atoms with E-state index in [0.717, 1.165) is 24.2 Å². The third kappa shape index (κ3) is 3.12. The molecule has 0 amide bonds. The zero-order valence-corrected chi connectivity index (χ0v) is 7.75. The van der Waals surface area contributed by atoms with E-state index in [1.807, 2.05) is 19.2 Å². The lowest BCUT2D eigenvalue weighted by molar-refractivity contribution is 0.896. The molecule has 1 aromatic heterocycles. The Morgan fingerprint density at radius 1 is 1.62 bits per heavy atom. The highest BCUT2D eigenvalue weighted by Crippen LogP contribution is 2.11. The predicted octanol–water partition coefficient (Wildman–Crippen LogP) is 2.11. The zero-order valence-electron chi connectivity index (χ0n) is 7.75. The summed E-state index contributed by atoms with van der Waals surface area (Å²) in [7, 11) is 0. The highest BCUT2D eigenvalue weighted by Gasteiger charge is 1.94. The van der Waals surface area contributed by atoms with Crippen LogP contribution in [0.2, 0.25) is 0 Å². The molecule has 3 nitrogen and oxygen atoms in total. The van der Waals surface area contributed by atoms with Crippen LogP contribution >= 0.6 is 0 Å². The van der Waals surface area contributed by atoms with E-state index in [1.165, 1.54) is 0 Å². The van der Waals surface area contributed by atoms with E-state index in [-0.39, 0.29) is 0 Å². The van der Waals surface area contributed by atoms with Gasteiger partial charge in [-0.2, -0.15) is 5.26 Å². The van der Waals surface area contributed by atoms with Crippen molar-refractivity contribution in [3.8, 4) is 6.07 Å². The van der Waals surface area contributed by atoms with Crippen molar-refractivity contribution in [1.82, 2.24) is 4.98 Å². The highest BCUT2D eigenvalue weighted by molar-refractivity contribution is 5.48. The van der Waals surface area contributed by atoms with Gasteiger partial charge in [0.25, 0.3) is 0 Å². The third-order valence-corrected chi connectivity index (χ3v) is 1.80. The van der Waals surface area contributed by atoms with Gasteiger partial charge in [-0.05, 0) is 25.0 Å². The Morgan fingerprint density at radius 3 is 3.15 bits per heavy atom. The minimum atomic E-state index is 0.608. The van der Waals surface area contributed by atoms with Crippen LogP contribution in [0.15, 0.2) is 18.5 Å². The Morgan fingerprint density at radius 2 is 2.46 bits per heavy atom. The van der Waals surface area contributed by atoms with Gasteiger partial charge >= 0.3 is 0 Å². The molecule has 0 atom stereocenters. The lowest BCUT2D eigenvalue weighted by Crippen LogP contribution is -2.02. The molecule has 0 aromatic carbocycles. The molecule has 3 heteroatoms. The highest BCUT2D eigenvalue weighted by atomic mass is 14.9. The molecule has 0 fully saturated rings. The molecule has 1 rings (SSSR count). The minimum Gasteiger partial charge on any atom is -0.385 e. The van der Waals surface area contributed by atoms with Crippen molar-refractivity contribution in [2.45, 2.75) is 19.8 Å². The van der Waals surface area contributed by atoms with Gasteiger partial charge < -0.3 is 5.32 Å². The van der Waals surface area contributed by atoms with Crippen LogP contribution in [0.3, 0.4) is 0 Å². The maximum atomic E-state index is 8.33. The van der Waals surface area contributed by atoms with Crippen LogP contribution in [-0.2, 0) is 0 Å². The average molecular weight is 175 g/mol. The van der Waals surface area contributed by atoms with Crippen LogP contribution < -0.4 is 5.32 Å². The SMILES string of the molecule is Cc1cnccc1NCCCC#N. The fourth-order valence-corrected chi connectivity index (χ4v) is 1.06. The van der Waals surface area contributed by atoms with Crippen LogP contribution in [0.25, 0.3) is 0 Å². The number of anilines is 1. The number of aromatic nitrogens is 1. The normalized spacial score (nSPS) is 9.23. The summed E-state index contributed by atoms with van der Waals surface area (Å²) < 4.78 is 0. The third-order valence-electron chi connectivity index (χ3n) is 1.80. The largest absolute Gasteiger partial charge is 0.385 e. The Kier molecular flexibility index (Phi) is 3.77. The molecular weight excluding hydrogens is 162 g/mol. The molecule has 68 valence electrons. The summed E-state index contributed by atoms with van der Waals surface area (Å²) in [5, 5.41) is 11.6. The van der Waals surface area contributed by atoms with E-state index in [9.17, 15) is 0 Å². The average Bonchev–Trinajstić information content (AvgIpc) is 2.15. The van der Waals surface area contributed by atoms with E-state index in [0.29, 0.717) is 6.42 Å². The molecule has 1 N–H and O–H groups in total. The predicted molar refractivity (Wildman–Crippen MR) is 52.3 cm³/mol. The summed E-state index contributed by atoms with van der Waals surface area (Å²) in [5.74, 6) is 0. The molecule has 0 saturated carbocycles. The van der Waals surface area contributed by atoms with Crippen molar-refractivity contribution in [3.63, 3.8) is 0 Å². The number of aryl methyl sites for hydroxylation is 1. The number of hydrogen-bond donors (Lipinski definition) is 1. The van der Waals surface area contributed by atoms with Crippen LogP contribution in [0.4, 0.5) is 5.69 Å². The first-order valence-electron chi connectivity index (χ1n) is 4.36. The summed E-state index contributed by atoms with van der Waals surface area (Å²) in [6.07, 6.45) is 5.08. The molecule has 13 heavy (non-hydrogen) atoms. The fourth-order valence-electron chi connectivity index (χ4n) is 1.06. The number of pyridine rings is 1. The Labute approximate surface area is 78.4 Å². The number of rotatable bonds is 4. The number of nitriles is 1. The molecule has 0 bridgehead atoms. The van der Waals surface area contributed by atoms with Crippen LogP contribution in [-0.4, -0.2) is 11.5 Å². The molecule has 0 radical (unpaired) electrons. The monoisotopic (exact) mass is 175 g/mol. The smallest absolute Gasteiger partial charge is 0.0622 e. The fraction of sp³-hybridized carbons (Fsp3) is 0.400. The number of hydrogen-bond acceptors (Lipinski definition) is 3. The molecule has 0 saturated heterocycles. The molecule has 0 unspecified atom stereocenters. The van der Waals surface area contributed by atoms with Crippen molar-refractivity contribution in [3.05, 3.63) is 24.0 Å². The van der Waals surface area contributed by atoms with Gasteiger partial charge in [-0.3, -0.25) is 4.98 Å². The lowest BCUT2D eigenvalue weighted by atomic mass is 10.2. The van der Waals surface area contributed by atoms with Crippen molar-refractivity contribution < 1.29 is 0 Å². The summed E-state index contributed by atoms with van der Waals surface area (Å²) in [6, 6.07) is 4.06. The van der Waals surface area contributed by atoms with Crippen molar-refractivity contribution in [2.75, 3.05) is 11.9 Å². The molecular formula is C10H13N3. The minimum absolute atomic E-state index is 0.608. The van der Waals surface area contributed by atoms with Gasteiger partial charge in [-0.15, -0.1) is 0 Å². The summed E-state index contributed by atoms with van der Waals surface area (Å²) in [5.41, 5.74) is 2.24. The van der Waals surface area contributed by atoms with E-state index in [4.69, 9.17) is 5.26 Å². The lowest BCUT2D eigenvalue weighted by Gasteiger charge is -2.06. The van der Waals surface area contributed by atoms with Crippen molar-refractivity contribution in [1.29, 1.82) is 5.26 Å². The first-order valence-corrected chi connectivity index (χ1v) is 4.36. The van der Waals surface area contributed by atoms with Gasteiger partial charge in [0.05, 0.1) is 6.07 Å². The summed E-state index contributed by atoms with van der Waals surface area (Å²) in [6.45, 7) is 2.86. The first-order chi connectivity index (χ1) is 6.34. The first kappa shape index (κ1) is 9.53. The second-order valence-corrected chi connectivity index (χ2v) is 2.88. The Hall–Kier alpha value is -1.56. The van der Waals surface area contributed by atoms with Crippen molar-refractivity contribution >= 4 is 5.69 Å². The standard InChI is InChI=1S/C10H13N3/c1-9-8-12-7-4-10(9)13-6-3-2-5-11/h4,7-8H,2-3,6H2,1H3,(H,12,13). The second-order valence-electron chi connectivity index (χ2n) is 2.88. The molecule has 0 aliphatic rings. The van der Waals surface area contributed by atoms with Gasteiger partial charge in [-0.25, -0.2) is 0 Å². The van der Waals surface area contributed by atoms with E-state index >= 15 is 0 Å². The molecule has 0 aliphatic heterocycles. The van der Waals surface area contributed by atoms with Gasteiger partial charge in [-0.1, -0.05) is 0 Å². The van der Waals surface area contributed by atoms with E-state index in [2.05, 4.69) is 16.4 Å². The Bertz CT molecular complexity index is 301. The van der Waals surface area contributed by atoms with E-state index in [1.54, 1.807) is 6.20 Å². The summed E-state index contributed by atoms with van der Waals surface area (Å²) in [4.78, 5) is 4.00. The quantitative estimate of drug-likeness (QED) is 0.713. The zero-order chi connectivity index (χ0) is 9.52. The molecule has 1 aromatic rings. The summed E-state index contributed by atoms with van der Waals surface area (Å²) >= 11 is 0. The maximum Gasteiger partial charge on any atom is 0.0622 e. The van der Waals surface area contributed by atoms with Gasteiger partial charge in [0.2, 0.25) is 0 Å². The van der Waals surface area contributed by atoms with Crippen LogP contribution in [0.5, 0.6) is 0 Å². The number of nitrogens with zero attached hydrogens (tertiary/aromatic N) is 2. The molecule has 0 aliphatic carbocycles. The van der Waals surface area contributed by atoms with E-state index < -0.39 is 0 Å². The Balaban J connectivity index is 2.37. The maximum absolute atomic E-state index is 8.33.